The summed E-state index contributed by atoms with van der Waals surface area (Å²) in [4.78, 5) is 25.1. The first-order valence-corrected chi connectivity index (χ1v) is 5.41. The number of aliphatic hydroxyl groups is 3. The zero-order chi connectivity index (χ0) is 13.4. The predicted molar refractivity (Wildman–Crippen MR) is 56.2 cm³/mol. The molecule has 9 nitrogen and oxygen atoms in total. The van der Waals surface area contributed by atoms with Crippen LogP contribution in [0.5, 0.6) is 0 Å². The van der Waals surface area contributed by atoms with Gasteiger partial charge in [0.1, 0.15) is 25.0 Å². The molecule has 2 saturated heterocycles. The Morgan fingerprint density at radius 1 is 1.33 bits per heavy atom. The monoisotopic (exact) mass is 261 g/mol. The molecule has 102 valence electrons. The molecule has 0 aromatic rings. The van der Waals surface area contributed by atoms with Crippen LogP contribution in [0.25, 0.3) is 0 Å². The lowest BCUT2D eigenvalue weighted by Crippen LogP contribution is -2.62. The highest BCUT2D eigenvalue weighted by molar-refractivity contribution is 5.95. The molecule has 2 rings (SSSR count). The molecule has 0 radical (unpaired) electrons. The van der Waals surface area contributed by atoms with E-state index in [1.807, 2.05) is 0 Å². The molecule has 0 aliphatic carbocycles. The first kappa shape index (κ1) is 13.0. The molecule has 2 fully saturated rings. The Morgan fingerprint density at radius 2 is 2.00 bits per heavy atom. The van der Waals surface area contributed by atoms with Crippen LogP contribution in [-0.4, -0.2) is 82.0 Å². The van der Waals surface area contributed by atoms with Gasteiger partial charge in [-0.1, -0.05) is 0 Å². The maximum absolute atomic E-state index is 11.6. The molecule has 0 aromatic heterocycles. The van der Waals surface area contributed by atoms with E-state index in [1.54, 1.807) is 0 Å². The Balaban J connectivity index is 2.12. The van der Waals surface area contributed by atoms with Gasteiger partial charge in [0, 0.05) is 7.05 Å². The maximum Gasteiger partial charge on any atom is 0.329 e. The molecule has 0 aromatic carbocycles. The van der Waals surface area contributed by atoms with Crippen molar-refractivity contribution in [2.24, 2.45) is 0 Å². The van der Waals surface area contributed by atoms with Crippen LogP contribution in [0.1, 0.15) is 0 Å². The van der Waals surface area contributed by atoms with E-state index in [0.29, 0.717) is 0 Å². The number of nitrogens with one attached hydrogen (secondary N) is 1. The summed E-state index contributed by atoms with van der Waals surface area (Å²) in [6, 6.07) is -1.27. The molecule has 2 unspecified atom stereocenters. The molecule has 4 N–H and O–H groups in total. The highest BCUT2D eigenvalue weighted by Gasteiger charge is 2.48. The first-order chi connectivity index (χ1) is 8.45. The number of carbonyl (C=O) groups excluding carboxylic acids is 2. The van der Waals surface area contributed by atoms with E-state index in [2.05, 4.69) is 5.32 Å². The second-order valence-corrected chi connectivity index (χ2v) is 4.27. The van der Waals surface area contributed by atoms with Gasteiger partial charge >= 0.3 is 12.1 Å². The van der Waals surface area contributed by atoms with E-state index >= 15 is 0 Å². The van der Waals surface area contributed by atoms with Gasteiger partial charge in [-0.05, 0) is 0 Å². The molecule has 4 amide bonds. The summed E-state index contributed by atoms with van der Waals surface area (Å²) in [7, 11) is 1.47. The third-order valence-corrected chi connectivity index (χ3v) is 3.01. The van der Waals surface area contributed by atoms with Gasteiger partial charge in [-0.2, -0.15) is 0 Å². The minimum Gasteiger partial charge on any atom is -0.394 e. The Morgan fingerprint density at radius 3 is 2.56 bits per heavy atom. The number of nitrogens with zero attached hydrogens (tertiary/aromatic N) is 2. The first-order valence-electron chi connectivity index (χ1n) is 5.41. The second-order valence-electron chi connectivity index (χ2n) is 4.27. The number of rotatable bonds is 2. The van der Waals surface area contributed by atoms with Gasteiger partial charge in [0.05, 0.1) is 6.61 Å². The van der Waals surface area contributed by atoms with Crippen molar-refractivity contribution < 1.29 is 29.6 Å². The molecule has 4 atom stereocenters. The van der Waals surface area contributed by atoms with E-state index in [9.17, 15) is 19.8 Å². The van der Waals surface area contributed by atoms with E-state index < -0.39 is 43.2 Å². The normalized spacial score (nSPS) is 37.1. The van der Waals surface area contributed by atoms with Crippen LogP contribution < -0.4 is 5.32 Å². The van der Waals surface area contributed by atoms with Crippen LogP contribution in [0.15, 0.2) is 0 Å². The molecule has 9 heteroatoms. The average Bonchev–Trinajstić information content (AvgIpc) is 2.61. The smallest absolute Gasteiger partial charge is 0.329 e. The number of aliphatic hydroxyl groups excluding tert-OH is 3. The number of carbonyl (C=O) groups is 2. The van der Waals surface area contributed by atoms with E-state index in [4.69, 9.17) is 9.84 Å². The number of imide groups is 1. The Kier molecular flexibility index (Phi) is 3.39. The average molecular weight is 261 g/mol. The molecule has 0 bridgehead atoms. The molecule has 18 heavy (non-hydrogen) atoms. The lowest BCUT2D eigenvalue weighted by molar-refractivity contribution is -0.0904. The summed E-state index contributed by atoms with van der Waals surface area (Å²) in [5.74, 6) is 0. The fraction of sp³-hybridized carbons (Fsp3) is 0.778. The molecule has 2 heterocycles. The quantitative estimate of drug-likeness (QED) is 0.434. The van der Waals surface area contributed by atoms with Gasteiger partial charge in [0.25, 0.3) is 0 Å². The van der Waals surface area contributed by atoms with E-state index in [0.717, 1.165) is 4.90 Å². The van der Waals surface area contributed by atoms with Crippen molar-refractivity contribution in [3.05, 3.63) is 0 Å². The van der Waals surface area contributed by atoms with Crippen molar-refractivity contribution >= 4 is 12.1 Å². The van der Waals surface area contributed by atoms with Gasteiger partial charge in [-0.25, -0.2) is 9.59 Å². The Bertz CT molecular complexity index is 364. The summed E-state index contributed by atoms with van der Waals surface area (Å²) >= 11 is 0. The summed E-state index contributed by atoms with van der Waals surface area (Å²) in [5, 5.41) is 30.4. The van der Waals surface area contributed by atoms with Gasteiger partial charge in [0.2, 0.25) is 0 Å². The molecule has 2 aliphatic rings. The fourth-order valence-corrected chi connectivity index (χ4v) is 1.95. The predicted octanol–water partition coefficient (Wildman–Crippen LogP) is -2.54. The third kappa shape index (κ3) is 2.01. The molecular formula is C9H15N3O6. The minimum atomic E-state index is -1.34. The lowest BCUT2D eigenvalue weighted by Gasteiger charge is -2.37. The summed E-state index contributed by atoms with van der Waals surface area (Å²) in [5.41, 5.74) is 0. The summed E-state index contributed by atoms with van der Waals surface area (Å²) < 4.78 is 5.21. The molecular weight excluding hydrogens is 246 g/mol. The molecule has 0 spiro atoms. The maximum atomic E-state index is 11.6. The van der Waals surface area contributed by atoms with Crippen LogP contribution >= 0.6 is 0 Å². The van der Waals surface area contributed by atoms with Crippen molar-refractivity contribution in [3.8, 4) is 0 Å². The highest BCUT2D eigenvalue weighted by atomic mass is 16.6. The van der Waals surface area contributed by atoms with E-state index in [-0.39, 0.29) is 6.67 Å². The zero-order valence-corrected chi connectivity index (χ0v) is 9.68. The second kappa shape index (κ2) is 4.69. The Labute approximate surface area is 103 Å². The Hall–Kier alpha value is -1.42. The van der Waals surface area contributed by atoms with Crippen LogP contribution in [0.3, 0.4) is 0 Å². The number of hydrogen-bond acceptors (Lipinski definition) is 6. The van der Waals surface area contributed by atoms with Crippen molar-refractivity contribution in [1.82, 2.24) is 15.1 Å². The van der Waals surface area contributed by atoms with Gasteiger partial charge in [-0.15, -0.1) is 0 Å². The number of urea groups is 2. The topological polar surface area (TPSA) is 123 Å². The largest absolute Gasteiger partial charge is 0.394 e. The number of hydrogen-bond donors (Lipinski definition) is 4. The van der Waals surface area contributed by atoms with Crippen molar-refractivity contribution in [3.63, 3.8) is 0 Å². The van der Waals surface area contributed by atoms with Crippen molar-refractivity contribution in [1.29, 1.82) is 0 Å². The van der Waals surface area contributed by atoms with Crippen molar-refractivity contribution in [2.75, 3.05) is 20.3 Å². The minimum absolute atomic E-state index is 0.0722. The standard InChI is InChI=1S/C9H15N3O6/c1-11-3-12(9(17)10-8(11)16)7-6(15)5(14)4(2-13)18-7/h4-7,13-15H,2-3H2,1H3,(H,10,16,17)/t4-,5?,6?,7-/m0/s1. The highest BCUT2D eigenvalue weighted by Crippen LogP contribution is 2.25. The zero-order valence-electron chi connectivity index (χ0n) is 9.68. The number of ether oxygens (including phenoxy) is 1. The molecule has 0 saturated carbocycles. The molecule has 2 aliphatic heterocycles. The van der Waals surface area contributed by atoms with Crippen LogP contribution in [0.4, 0.5) is 9.59 Å². The van der Waals surface area contributed by atoms with E-state index in [1.165, 1.54) is 11.9 Å². The van der Waals surface area contributed by atoms with Gasteiger partial charge < -0.3 is 25.0 Å². The van der Waals surface area contributed by atoms with Crippen LogP contribution in [-0.2, 0) is 4.74 Å². The summed E-state index contributed by atoms with van der Waals surface area (Å²) in [6.07, 6.45) is -4.68. The van der Waals surface area contributed by atoms with Gasteiger partial charge in [0.15, 0.2) is 6.23 Å². The van der Waals surface area contributed by atoms with Crippen molar-refractivity contribution in [2.45, 2.75) is 24.5 Å². The number of amides is 4. The third-order valence-electron chi connectivity index (χ3n) is 3.01. The van der Waals surface area contributed by atoms with Gasteiger partial charge in [-0.3, -0.25) is 10.2 Å². The lowest BCUT2D eigenvalue weighted by atomic mass is 10.1. The van der Waals surface area contributed by atoms with Crippen LogP contribution in [0.2, 0.25) is 0 Å². The van der Waals surface area contributed by atoms with Crippen LogP contribution in [0, 0.1) is 0 Å². The SMILES string of the molecule is CN1CN([C@H]2O[C@@H](CO)C(O)C2O)C(=O)NC1=O. The fourth-order valence-electron chi connectivity index (χ4n) is 1.95. The summed E-state index contributed by atoms with van der Waals surface area (Å²) in [6.45, 7) is -0.545.